The number of ether oxygens (including phenoxy) is 1. The summed E-state index contributed by atoms with van der Waals surface area (Å²) in [5.74, 6) is 2.18. The molecule has 0 fully saturated rings. The highest BCUT2D eigenvalue weighted by Gasteiger charge is 2.10. The number of anilines is 1. The Balaban J connectivity index is 0.00000141. The van der Waals surface area contributed by atoms with Crippen LogP contribution >= 0.6 is 0 Å². The van der Waals surface area contributed by atoms with Gasteiger partial charge in [-0.1, -0.05) is 32.6 Å². The summed E-state index contributed by atoms with van der Waals surface area (Å²) in [4.78, 5) is 12.9. The van der Waals surface area contributed by atoms with Gasteiger partial charge < -0.3 is 19.8 Å². The maximum Gasteiger partial charge on any atom is 0.136 e. The van der Waals surface area contributed by atoms with E-state index < -0.39 is 0 Å². The minimum absolute atomic E-state index is 0.658. The number of hydrogen-bond acceptors (Lipinski definition) is 6. The zero-order chi connectivity index (χ0) is 24.6. The van der Waals surface area contributed by atoms with E-state index in [1.165, 1.54) is 0 Å². The van der Waals surface area contributed by atoms with Crippen molar-refractivity contribution in [1.29, 1.82) is 0 Å². The van der Waals surface area contributed by atoms with E-state index >= 15 is 0 Å². The SMILES string of the molecule is C=C(NCc1ccn2ccnc2c1)c1cccc(Oc2ccnc(NC3=CCN=C3)c2)c1C.CC. The van der Waals surface area contributed by atoms with Crippen molar-refractivity contribution in [1.82, 2.24) is 19.7 Å². The summed E-state index contributed by atoms with van der Waals surface area (Å²) in [6.07, 6.45) is 11.3. The highest BCUT2D eigenvalue weighted by atomic mass is 16.5. The molecule has 35 heavy (non-hydrogen) atoms. The van der Waals surface area contributed by atoms with Crippen molar-refractivity contribution in [3.8, 4) is 11.5 Å². The number of fused-ring (bicyclic) bond motifs is 1. The van der Waals surface area contributed by atoms with Gasteiger partial charge in [-0.05, 0) is 42.8 Å². The van der Waals surface area contributed by atoms with Gasteiger partial charge in [0.05, 0.1) is 12.2 Å². The van der Waals surface area contributed by atoms with Gasteiger partial charge in [0.1, 0.15) is 23.0 Å². The Morgan fingerprint density at radius 3 is 2.80 bits per heavy atom. The lowest BCUT2D eigenvalue weighted by Gasteiger charge is -2.16. The normalized spacial score (nSPS) is 12.0. The second kappa shape index (κ2) is 11.2. The predicted octanol–water partition coefficient (Wildman–Crippen LogP) is 6.00. The van der Waals surface area contributed by atoms with Crippen molar-refractivity contribution < 1.29 is 4.74 Å². The monoisotopic (exact) mass is 466 g/mol. The second-order valence-corrected chi connectivity index (χ2v) is 7.75. The fraction of sp³-hybridized carbons (Fsp3) is 0.179. The topological polar surface area (TPSA) is 75.8 Å². The predicted molar refractivity (Wildman–Crippen MR) is 143 cm³/mol. The summed E-state index contributed by atoms with van der Waals surface area (Å²) in [5.41, 5.74) is 5.86. The fourth-order valence-electron chi connectivity index (χ4n) is 3.67. The first-order chi connectivity index (χ1) is 17.2. The van der Waals surface area contributed by atoms with E-state index in [4.69, 9.17) is 4.74 Å². The largest absolute Gasteiger partial charge is 0.457 e. The second-order valence-electron chi connectivity index (χ2n) is 7.75. The summed E-state index contributed by atoms with van der Waals surface area (Å²) < 4.78 is 8.18. The number of benzene rings is 1. The van der Waals surface area contributed by atoms with E-state index in [0.717, 1.165) is 39.5 Å². The number of pyridine rings is 2. The molecule has 0 amide bonds. The number of aliphatic imine (C=N–C) groups is 1. The molecule has 0 spiro atoms. The van der Waals surface area contributed by atoms with Crippen LogP contribution in [0, 0.1) is 6.92 Å². The van der Waals surface area contributed by atoms with Crippen molar-refractivity contribution in [3.63, 3.8) is 0 Å². The van der Waals surface area contributed by atoms with Crippen LogP contribution in [0.5, 0.6) is 11.5 Å². The molecular formula is C28H30N6O. The first kappa shape index (κ1) is 23.8. The molecule has 1 aliphatic heterocycles. The van der Waals surface area contributed by atoms with Gasteiger partial charge in [-0.2, -0.15) is 0 Å². The van der Waals surface area contributed by atoms with E-state index in [0.29, 0.717) is 24.7 Å². The molecule has 0 radical (unpaired) electrons. The van der Waals surface area contributed by atoms with Crippen LogP contribution in [0.15, 0.2) is 90.6 Å². The summed E-state index contributed by atoms with van der Waals surface area (Å²) in [5, 5.41) is 6.67. The lowest BCUT2D eigenvalue weighted by atomic mass is 10.1. The van der Waals surface area contributed by atoms with Gasteiger partial charge in [-0.15, -0.1) is 0 Å². The standard InChI is InChI=1S/C26H24N6O.C2H6/c1-18-23(19(2)30-16-20-8-12-32-13-11-29-26(32)14-20)4-3-5-24(18)33-22-7-10-28-25(15-22)31-21-6-9-27-17-21;1-2/h3-8,10-15,17,30H,2,9,16H2,1H3,(H,28,31);1-2H3. The lowest BCUT2D eigenvalue weighted by Crippen LogP contribution is -2.12. The van der Waals surface area contributed by atoms with Crippen molar-refractivity contribution >= 4 is 23.4 Å². The average molecular weight is 467 g/mol. The van der Waals surface area contributed by atoms with Crippen molar-refractivity contribution in [2.24, 2.45) is 4.99 Å². The van der Waals surface area contributed by atoms with Crippen LogP contribution in [-0.4, -0.2) is 27.1 Å². The third-order valence-corrected chi connectivity index (χ3v) is 5.46. The molecule has 5 rings (SSSR count). The molecule has 2 N–H and O–H groups in total. The van der Waals surface area contributed by atoms with Gasteiger partial charge in [-0.3, -0.25) is 4.99 Å². The molecule has 0 bridgehead atoms. The molecule has 0 aliphatic carbocycles. The molecule has 7 heteroatoms. The van der Waals surface area contributed by atoms with Crippen molar-refractivity contribution in [2.45, 2.75) is 27.3 Å². The first-order valence-electron chi connectivity index (χ1n) is 11.7. The van der Waals surface area contributed by atoms with Crippen molar-refractivity contribution in [2.75, 3.05) is 11.9 Å². The van der Waals surface area contributed by atoms with E-state index in [2.05, 4.69) is 44.3 Å². The number of allylic oxidation sites excluding steroid dienone is 1. The van der Waals surface area contributed by atoms with Crippen LogP contribution in [0.3, 0.4) is 0 Å². The Labute approximate surface area is 205 Å². The number of aromatic nitrogens is 3. The van der Waals surface area contributed by atoms with Crippen molar-refractivity contribution in [3.05, 3.63) is 102 Å². The zero-order valence-electron chi connectivity index (χ0n) is 20.3. The Hall–Kier alpha value is -4.39. The van der Waals surface area contributed by atoms with Crippen LogP contribution in [-0.2, 0) is 6.54 Å². The Bertz CT molecular complexity index is 1390. The molecule has 1 aromatic carbocycles. The van der Waals surface area contributed by atoms with Crippen LogP contribution < -0.4 is 15.4 Å². The molecule has 1 aliphatic rings. The molecule has 178 valence electrons. The molecule has 7 nitrogen and oxygen atoms in total. The lowest BCUT2D eigenvalue weighted by molar-refractivity contribution is 0.478. The van der Waals surface area contributed by atoms with Gasteiger partial charge >= 0.3 is 0 Å². The average Bonchev–Trinajstić information content (AvgIpc) is 3.57. The molecule has 3 aromatic heterocycles. The van der Waals surface area contributed by atoms with Crippen LogP contribution in [0.2, 0.25) is 0 Å². The molecule has 0 saturated heterocycles. The zero-order valence-corrected chi connectivity index (χ0v) is 20.3. The number of rotatable bonds is 8. The number of nitrogens with one attached hydrogen (secondary N) is 2. The maximum absolute atomic E-state index is 6.19. The highest BCUT2D eigenvalue weighted by molar-refractivity contribution is 5.84. The van der Waals surface area contributed by atoms with Crippen LogP contribution in [0.25, 0.3) is 11.3 Å². The number of imidazole rings is 1. The maximum atomic E-state index is 6.19. The third kappa shape index (κ3) is 5.76. The molecule has 0 unspecified atom stereocenters. The summed E-state index contributed by atoms with van der Waals surface area (Å²) in [6.45, 7) is 11.6. The third-order valence-electron chi connectivity index (χ3n) is 5.46. The molecule has 0 saturated carbocycles. The first-order valence-corrected chi connectivity index (χ1v) is 11.7. The fourth-order valence-corrected chi connectivity index (χ4v) is 3.67. The summed E-state index contributed by atoms with van der Waals surface area (Å²) in [7, 11) is 0. The van der Waals surface area contributed by atoms with E-state index in [-0.39, 0.29) is 0 Å². The van der Waals surface area contributed by atoms with Gasteiger partial charge in [0.25, 0.3) is 0 Å². The molecule has 4 heterocycles. The highest BCUT2D eigenvalue weighted by Crippen LogP contribution is 2.30. The van der Waals surface area contributed by atoms with E-state index in [9.17, 15) is 0 Å². The quantitative estimate of drug-likeness (QED) is 0.333. The number of nitrogens with zero attached hydrogens (tertiary/aromatic N) is 4. The molecule has 4 aromatic rings. The Kier molecular flexibility index (Phi) is 7.57. The molecular weight excluding hydrogens is 436 g/mol. The minimum Gasteiger partial charge on any atom is -0.457 e. The van der Waals surface area contributed by atoms with Crippen LogP contribution in [0.4, 0.5) is 5.82 Å². The van der Waals surface area contributed by atoms with Gasteiger partial charge in [0, 0.05) is 60.4 Å². The smallest absolute Gasteiger partial charge is 0.136 e. The minimum atomic E-state index is 0.658. The van der Waals surface area contributed by atoms with Gasteiger partial charge in [0.2, 0.25) is 0 Å². The number of hydrogen-bond donors (Lipinski definition) is 2. The summed E-state index contributed by atoms with van der Waals surface area (Å²) >= 11 is 0. The van der Waals surface area contributed by atoms with E-state index in [1.807, 2.05) is 74.0 Å². The Morgan fingerprint density at radius 1 is 1.09 bits per heavy atom. The van der Waals surface area contributed by atoms with Crippen LogP contribution in [0.1, 0.15) is 30.5 Å². The van der Waals surface area contributed by atoms with Gasteiger partial charge in [-0.25, -0.2) is 9.97 Å². The Morgan fingerprint density at radius 2 is 1.97 bits per heavy atom. The van der Waals surface area contributed by atoms with Gasteiger partial charge in [0.15, 0.2) is 0 Å². The summed E-state index contributed by atoms with van der Waals surface area (Å²) in [6, 6.07) is 13.8. The van der Waals surface area contributed by atoms with E-state index in [1.54, 1.807) is 18.6 Å². The molecule has 0 atom stereocenters.